The van der Waals surface area contributed by atoms with Crippen molar-refractivity contribution in [3.63, 3.8) is 0 Å². The van der Waals surface area contributed by atoms with Gasteiger partial charge in [-0.05, 0) is 42.5 Å². The standard InChI is InChI=1S/C16H13ClN2O4S/c1-23-13-5-3-2-4-10(13)14(20)19-16(24)18-9-6-7-12(17)11(8-9)15(21)22/h2-8H,1H3,(H,21,22)(H2,18,19,20,24). The van der Waals surface area contributed by atoms with E-state index in [2.05, 4.69) is 10.6 Å². The highest BCUT2D eigenvalue weighted by atomic mass is 35.5. The molecule has 0 aliphatic carbocycles. The Labute approximate surface area is 148 Å². The number of carbonyl (C=O) groups is 2. The topological polar surface area (TPSA) is 87.7 Å². The number of halogens is 1. The van der Waals surface area contributed by atoms with E-state index < -0.39 is 11.9 Å². The van der Waals surface area contributed by atoms with Gasteiger partial charge in [0.2, 0.25) is 0 Å². The largest absolute Gasteiger partial charge is 0.496 e. The third-order valence-electron chi connectivity index (χ3n) is 3.03. The first-order valence-corrected chi connectivity index (χ1v) is 7.49. The Morgan fingerprint density at radius 2 is 1.88 bits per heavy atom. The van der Waals surface area contributed by atoms with Gasteiger partial charge in [0.15, 0.2) is 5.11 Å². The van der Waals surface area contributed by atoms with Crippen LogP contribution in [0.4, 0.5) is 5.69 Å². The summed E-state index contributed by atoms with van der Waals surface area (Å²) in [5.74, 6) is -1.19. The summed E-state index contributed by atoms with van der Waals surface area (Å²) in [6, 6.07) is 11.0. The third kappa shape index (κ3) is 4.21. The molecule has 0 aliphatic rings. The number of hydrogen-bond acceptors (Lipinski definition) is 4. The molecule has 2 rings (SSSR count). The smallest absolute Gasteiger partial charge is 0.337 e. The van der Waals surface area contributed by atoms with Crippen LogP contribution >= 0.6 is 23.8 Å². The first-order chi connectivity index (χ1) is 11.4. The van der Waals surface area contributed by atoms with Crippen molar-refractivity contribution in [2.24, 2.45) is 0 Å². The van der Waals surface area contributed by atoms with Gasteiger partial charge in [-0.2, -0.15) is 0 Å². The van der Waals surface area contributed by atoms with Crippen molar-refractivity contribution in [3.05, 3.63) is 58.6 Å². The first kappa shape index (κ1) is 17.7. The molecule has 1 amide bonds. The van der Waals surface area contributed by atoms with Gasteiger partial charge in [0.1, 0.15) is 5.75 Å². The van der Waals surface area contributed by atoms with Gasteiger partial charge in [0, 0.05) is 5.69 Å². The molecule has 24 heavy (non-hydrogen) atoms. The van der Waals surface area contributed by atoms with E-state index in [1.165, 1.54) is 19.2 Å². The van der Waals surface area contributed by atoms with Gasteiger partial charge in [-0.15, -0.1) is 0 Å². The van der Waals surface area contributed by atoms with E-state index in [0.717, 1.165) is 0 Å². The molecule has 0 aromatic heterocycles. The van der Waals surface area contributed by atoms with Crippen molar-refractivity contribution in [1.29, 1.82) is 0 Å². The summed E-state index contributed by atoms with van der Waals surface area (Å²) in [5.41, 5.74) is 0.647. The number of para-hydroxylation sites is 1. The molecule has 3 N–H and O–H groups in total. The molecular formula is C16H13ClN2O4S. The molecule has 0 saturated heterocycles. The minimum atomic E-state index is -1.16. The van der Waals surface area contributed by atoms with Gasteiger partial charge in [0.05, 0.1) is 23.3 Å². The Balaban J connectivity index is 2.09. The summed E-state index contributed by atoms with van der Waals surface area (Å²) in [5, 5.41) is 14.4. The Hall–Kier alpha value is -2.64. The Bertz CT molecular complexity index is 810. The molecule has 0 unspecified atom stereocenters. The van der Waals surface area contributed by atoms with E-state index in [-0.39, 0.29) is 15.7 Å². The van der Waals surface area contributed by atoms with Gasteiger partial charge in [-0.1, -0.05) is 23.7 Å². The van der Waals surface area contributed by atoms with Crippen LogP contribution in [0.1, 0.15) is 20.7 Å². The molecule has 124 valence electrons. The number of aromatic carboxylic acids is 1. The SMILES string of the molecule is COc1ccccc1C(=O)NC(=S)Nc1ccc(Cl)c(C(=O)O)c1. The van der Waals surface area contributed by atoms with Crippen LogP contribution in [0.3, 0.4) is 0 Å². The average Bonchev–Trinajstić information content (AvgIpc) is 2.56. The first-order valence-electron chi connectivity index (χ1n) is 6.70. The molecule has 0 spiro atoms. The molecular weight excluding hydrogens is 352 g/mol. The Morgan fingerprint density at radius 3 is 2.54 bits per heavy atom. The molecule has 0 atom stereocenters. The maximum atomic E-state index is 12.2. The maximum absolute atomic E-state index is 12.2. The van der Waals surface area contributed by atoms with Gasteiger partial charge >= 0.3 is 5.97 Å². The fraction of sp³-hybridized carbons (Fsp3) is 0.0625. The summed E-state index contributed by atoms with van der Waals surface area (Å²) in [4.78, 5) is 23.3. The highest BCUT2D eigenvalue weighted by molar-refractivity contribution is 7.80. The lowest BCUT2D eigenvalue weighted by Gasteiger charge is -2.12. The molecule has 0 radical (unpaired) electrons. The zero-order valence-electron chi connectivity index (χ0n) is 12.5. The number of thiocarbonyl (C=S) groups is 1. The van der Waals surface area contributed by atoms with Crippen LogP contribution < -0.4 is 15.4 Å². The molecule has 8 heteroatoms. The molecule has 0 aliphatic heterocycles. The second-order valence-electron chi connectivity index (χ2n) is 4.61. The van der Waals surface area contributed by atoms with Crippen molar-refractivity contribution < 1.29 is 19.4 Å². The van der Waals surface area contributed by atoms with Gasteiger partial charge in [-0.3, -0.25) is 10.1 Å². The molecule has 0 heterocycles. The number of ether oxygens (including phenoxy) is 1. The second-order valence-corrected chi connectivity index (χ2v) is 5.42. The minimum Gasteiger partial charge on any atom is -0.496 e. The number of carboxylic acids is 1. The average molecular weight is 365 g/mol. The van der Waals surface area contributed by atoms with Crippen LogP contribution in [0, 0.1) is 0 Å². The number of rotatable bonds is 4. The number of carboxylic acid groups (broad SMARTS) is 1. The zero-order chi connectivity index (χ0) is 17.7. The summed E-state index contributed by atoms with van der Waals surface area (Å²) in [6.45, 7) is 0. The number of hydrogen-bond donors (Lipinski definition) is 3. The van der Waals surface area contributed by atoms with Gasteiger partial charge in [-0.25, -0.2) is 4.79 Å². The summed E-state index contributed by atoms with van der Waals surface area (Å²) < 4.78 is 5.12. The van der Waals surface area contributed by atoms with Gasteiger partial charge < -0.3 is 15.2 Å². The van der Waals surface area contributed by atoms with E-state index in [0.29, 0.717) is 17.0 Å². The predicted octanol–water partition coefficient (Wildman–Crippen LogP) is 3.17. The quantitative estimate of drug-likeness (QED) is 0.722. The third-order valence-corrected chi connectivity index (χ3v) is 3.57. The fourth-order valence-corrected chi connectivity index (χ4v) is 2.34. The highest BCUT2D eigenvalue weighted by Crippen LogP contribution is 2.21. The van der Waals surface area contributed by atoms with Crippen LogP contribution in [-0.4, -0.2) is 29.2 Å². The minimum absolute atomic E-state index is 0.0181. The zero-order valence-corrected chi connectivity index (χ0v) is 14.1. The number of methoxy groups -OCH3 is 1. The van der Waals surface area contributed by atoms with E-state index in [4.69, 9.17) is 33.7 Å². The van der Waals surface area contributed by atoms with Crippen molar-refractivity contribution in [2.75, 3.05) is 12.4 Å². The molecule has 2 aromatic rings. The number of benzene rings is 2. The number of nitrogens with one attached hydrogen (secondary N) is 2. The van der Waals surface area contributed by atoms with Crippen molar-refractivity contribution in [2.45, 2.75) is 0 Å². The lowest BCUT2D eigenvalue weighted by Crippen LogP contribution is -2.34. The predicted molar refractivity (Wildman–Crippen MR) is 95.1 cm³/mol. The normalized spacial score (nSPS) is 9.92. The molecule has 0 bridgehead atoms. The number of anilines is 1. The Kier molecular flexibility index (Phi) is 5.73. The second kappa shape index (κ2) is 7.76. The summed E-state index contributed by atoms with van der Waals surface area (Å²) in [7, 11) is 1.46. The molecule has 0 fully saturated rings. The summed E-state index contributed by atoms with van der Waals surface area (Å²) >= 11 is 10.9. The molecule has 0 saturated carbocycles. The number of carbonyl (C=O) groups excluding carboxylic acids is 1. The highest BCUT2D eigenvalue weighted by Gasteiger charge is 2.14. The van der Waals surface area contributed by atoms with Crippen molar-refractivity contribution >= 4 is 46.5 Å². The Morgan fingerprint density at radius 1 is 1.17 bits per heavy atom. The number of amides is 1. The lowest BCUT2D eigenvalue weighted by molar-refractivity contribution is 0.0697. The van der Waals surface area contributed by atoms with Crippen molar-refractivity contribution in [1.82, 2.24) is 5.32 Å². The molecule has 2 aromatic carbocycles. The van der Waals surface area contributed by atoms with Crippen LogP contribution in [0.15, 0.2) is 42.5 Å². The van der Waals surface area contributed by atoms with Crippen LogP contribution in [-0.2, 0) is 0 Å². The van der Waals surface area contributed by atoms with E-state index >= 15 is 0 Å². The van der Waals surface area contributed by atoms with Crippen LogP contribution in [0.5, 0.6) is 5.75 Å². The van der Waals surface area contributed by atoms with Crippen LogP contribution in [0.25, 0.3) is 0 Å². The van der Waals surface area contributed by atoms with E-state index in [1.54, 1.807) is 30.3 Å². The lowest BCUT2D eigenvalue weighted by atomic mass is 10.2. The summed E-state index contributed by atoms with van der Waals surface area (Å²) in [6.07, 6.45) is 0. The molecule has 6 nitrogen and oxygen atoms in total. The van der Waals surface area contributed by atoms with E-state index in [1.807, 2.05) is 0 Å². The monoisotopic (exact) mass is 364 g/mol. The maximum Gasteiger partial charge on any atom is 0.337 e. The fourth-order valence-electron chi connectivity index (χ4n) is 1.93. The van der Waals surface area contributed by atoms with E-state index in [9.17, 15) is 9.59 Å². The van der Waals surface area contributed by atoms with Crippen LogP contribution in [0.2, 0.25) is 5.02 Å². The van der Waals surface area contributed by atoms with Gasteiger partial charge in [0.25, 0.3) is 5.91 Å². The van der Waals surface area contributed by atoms with Crippen molar-refractivity contribution in [3.8, 4) is 5.75 Å².